The van der Waals surface area contributed by atoms with E-state index in [1.54, 1.807) is 0 Å². The smallest absolute Gasteiger partial charge is 0.119 e. The summed E-state index contributed by atoms with van der Waals surface area (Å²) in [5, 5.41) is 4.35. The zero-order chi connectivity index (χ0) is 13.8. The maximum absolute atomic E-state index is 5.81. The van der Waals surface area contributed by atoms with Gasteiger partial charge in [0.05, 0.1) is 6.10 Å². The van der Waals surface area contributed by atoms with Gasteiger partial charge >= 0.3 is 0 Å². The van der Waals surface area contributed by atoms with Crippen LogP contribution in [0.1, 0.15) is 50.1 Å². The van der Waals surface area contributed by atoms with Crippen molar-refractivity contribution in [2.75, 3.05) is 12.8 Å². The minimum absolute atomic E-state index is 0.454. The van der Waals surface area contributed by atoms with Gasteiger partial charge in [0.25, 0.3) is 0 Å². The van der Waals surface area contributed by atoms with Crippen LogP contribution in [-0.2, 0) is 0 Å². The van der Waals surface area contributed by atoms with Crippen LogP contribution in [0.5, 0.6) is 5.75 Å². The molecule has 1 unspecified atom stereocenters. The number of thioether (sulfide) groups is 1. The van der Waals surface area contributed by atoms with Crippen molar-refractivity contribution in [3.8, 4) is 5.75 Å². The van der Waals surface area contributed by atoms with Gasteiger partial charge in [-0.1, -0.05) is 25.0 Å². The Balaban J connectivity index is 1.53. The molecule has 2 aliphatic carbocycles. The number of ether oxygens (including phenoxy) is 1. The number of rotatable bonds is 7. The molecule has 0 amide bonds. The third-order valence-electron chi connectivity index (χ3n) is 4.26. The average molecular weight is 291 g/mol. The largest absolute Gasteiger partial charge is 0.490 e. The molecular formula is C17H25NOS. The van der Waals surface area contributed by atoms with Gasteiger partial charge < -0.3 is 10.1 Å². The van der Waals surface area contributed by atoms with Gasteiger partial charge in [0.15, 0.2) is 0 Å². The zero-order valence-electron chi connectivity index (χ0n) is 12.3. The molecule has 2 nitrogen and oxygen atoms in total. The van der Waals surface area contributed by atoms with Crippen molar-refractivity contribution >= 4 is 11.8 Å². The summed E-state index contributed by atoms with van der Waals surface area (Å²) >= 11 is 2.14. The Labute approximate surface area is 126 Å². The average Bonchev–Trinajstić information content (AvgIpc) is 3.14. The first-order valence-electron chi connectivity index (χ1n) is 7.90. The Morgan fingerprint density at radius 2 is 1.85 bits per heavy atom. The fourth-order valence-electron chi connectivity index (χ4n) is 2.79. The first-order chi connectivity index (χ1) is 9.85. The molecule has 0 heterocycles. The highest BCUT2D eigenvalue weighted by atomic mass is 32.2. The Hall–Kier alpha value is -0.670. The van der Waals surface area contributed by atoms with E-state index >= 15 is 0 Å². The highest BCUT2D eigenvalue weighted by molar-refractivity contribution is 7.99. The molecule has 1 aromatic carbocycles. The Kier molecular flexibility index (Phi) is 4.90. The predicted octanol–water partition coefficient (Wildman–Crippen LogP) is 4.16. The third-order valence-corrected chi connectivity index (χ3v) is 5.73. The molecule has 0 aromatic heterocycles. The van der Waals surface area contributed by atoms with E-state index in [2.05, 4.69) is 48.4 Å². The van der Waals surface area contributed by atoms with Crippen LogP contribution in [0, 0.1) is 0 Å². The molecule has 0 saturated heterocycles. The number of hydrogen-bond donors (Lipinski definition) is 1. The maximum atomic E-state index is 5.81. The molecule has 2 aliphatic rings. The quantitative estimate of drug-likeness (QED) is 0.815. The molecule has 1 N–H and O–H groups in total. The van der Waals surface area contributed by atoms with Gasteiger partial charge in [0, 0.05) is 17.0 Å². The molecule has 0 spiro atoms. The number of hydrogen-bond acceptors (Lipinski definition) is 3. The van der Waals surface area contributed by atoms with Crippen molar-refractivity contribution in [3.05, 3.63) is 29.8 Å². The second-order valence-electron chi connectivity index (χ2n) is 5.97. The standard InChI is InChI=1S/C17H25NOS/c1-18-17(12-20-16-4-2-3-5-16)13-6-8-14(9-7-13)19-15-10-11-15/h6-9,15-18H,2-5,10-12H2,1H3. The van der Waals surface area contributed by atoms with E-state index in [1.807, 2.05) is 0 Å². The van der Waals surface area contributed by atoms with Crippen molar-refractivity contribution in [3.63, 3.8) is 0 Å². The van der Waals surface area contributed by atoms with E-state index in [-0.39, 0.29) is 0 Å². The number of benzene rings is 1. The van der Waals surface area contributed by atoms with E-state index < -0.39 is 0 Å². The van der Waals surface area contributed by atoms with Gasteiger partial charge in [-0.3, -0.25) is 0 Å². The van der Waals surface area contributed by atoms with Crippen molar-refractivity contribution in [1.82, 2.24) is 5.32 Å². The fraction of sp³-hybridized carbons (Fsp3) is 0.647. The lowest BCUT2D eigenvalue weighted by Gasteiger charge is -2.19. The van der Waals surface area contributed by atoms with Gasteiger partial charge in [0.2, 0.25) is 0 Å². The molecule has 2 fully saturated rings. The van der Waals surface area contributed by atoms with Crippen molar-refractivity contribution in [2.24, 2.45) is 0 Å². The highest BCUT2D eigenvalue weighted by Gasteiger charge is 2.23. The van der Waals surface area contributed by atoms with Crippen LogP contribution < -0.4 is 10.1 Å². The van der Waals surface area contributed by atoms with Crippen molar-refractivity contribution in [1.29, 1.82) is 0 Å². The van der Waals surface area contributed by atoms with Crippen LogP contribution in [0.3, 0.4) is 0 Å². The lowest BCUT2D eigenvalue weighted by molar-refractivity contribution is 0.303. The summed E-state index contributed by atoms with van der Waals surface area (Å²) in [5.41, 5.74) is 1.38. The SMILES string of the molecule is CNC(CSC1CCCC1)c1ccc(OC2CC2)cc1. The molecule has 0 aliphatic heterocycles. The molecule has 0 bridgehead atoms. The van der Waals surface area contributed by atoms with Crippen LogP contribution >= 0.6 is 11.8 Å². The molecule has 1 aromatic rings. The Bertz CT molecular complexity index is 410. The van der Waals surface area contributed by atoms with E-state index in [9.17, 15) is 0 Å². The van der Waals surface area contributed by atoms with Crippen molar-refractivity contribution in [2.45, 2.75) is 55.9 Å². The Morgan fingerprint density at radius 3 is 2.45 bits per heavy atom. The minimum Gasteiger partial charge on any atom is -0.490 e. The lowest BCUT2D eigenvalue weighted by atomic mass is 10.1. The summed E-state index contributed by atoms with van der Waals surface area (Å²) in [6, 6.07) is 9.13. The molecule has 3 heteroatoms. The highest BCUT2D eigenvalue weighted by Crippen LogP contribution is 2.32. The monoisotopic (exact) mass is 291 g/mol. The lowest BCUT2D eigenvalue weighted by Crippen LogP contribution is -2.19. The molecule has 3 rings (SSSR count). The van der Waals surface area contributed by atoms with Crippen LogP contribution in [-0.4, -0.2) is 24.2 Å². The first-order valence-corrected chi connectivity index (χ1v) is 8.95. The molecule has 2 saturated carbocycles. The molecular weight excluding hydrogens is 266 g/mol. The summed E-state index contributed by atoms with van der Waals surface area (Å²) in [6.07, 6.45) is 8.60. The molecule has 20 heavy (non-hydrogen) atoms. The van der Waals surface area contributed by atoms with Gasteiger partial charge in [-0.15, -0.1) is 0 Å². The van der Waals surface area contributed by atoms with Crippen molar-refractivity contribution < 1.29 is 4.74 Å². The maximum Gasteiger partial charge on any atom is 0.119 e. The van der Waals surface area contributed by atoms with E-state index in [4.69, 9.17) is 4.74 Å². The van der Waals surface area contributed by atoms with Gasteiger partial charge in [-0.2, -0.15) is 11.8 Å². The first kappa shape index (κ1) is 14.3. The molecule has 110 valence electrons. The van der Waals surface area contributed by atoms with Crippen LogP contribution in [0.25, 0.3) is 0 Å². The summed E-state index contributed by atoms with van der Waals surface area (Å²) < 4.78 is 5.81. The summed E-state index contributed by atoms with van der Waals surface area (Å²) in [6.45, 7) is 0. The van der Waals surface area contributed by atoms with Gasteiger partial charge in [-0.05, 0) is 50.4 Å². The minimum atomic E-state index is 0.454. The van der Waals surface area contributed by atoms with E-state index in [1.165, 1.54) is 49.8 Å². The molecule has 0 radical (unpaired) electrons. The predicted molar refractivity (Wildman–Crippen MR) is 86.6 cm³/mol. The number of nitrogens with one attached hydrogen (secondary N) is 1. The fourth-order valence-corrected chi connectivity index (χ4v) is 4.28. The second kappa shape index (κ2) is 6.86. The zero-order valence-corrected chi connectivity index (χ0v) is 13.1. The van der Waals surface area contributed by atoms with Crippen LogP contribution in [0.2, 0.25) is 0 Å². The van der Waals surface area contributed by atoms with Gasteiger partial charge in [0.1, 0.15) is 5.75 Å². The van der Waals surface area contributed by atoms with E-state index in [0.29, 0.717) is 12.1 Å². The summed E-state index contributed by atoms with van der Waals surface area (Å²) in [4.78, 5) is 0. The summed E-state index contributed by atoms with van der Waals surface area (Å²) in [5.74, 6) is 2.19. The normalized spacial score (nSPS) is 21.1. The Morgan fingerprint density at radius 1 is 1.15 bits per heavy atom. The van der Waals surface area contributed by atoms with Gasteiger partial charge in [-0.25, -0.2) is 0 Å². The summed E-state index contributed by atoms with van der Waals surface area (Å²) in [7, 11) is 2.06. The van der Waals surface area contributed by atoms with Crippen LogP contribution in [0.4, 0.5) is 0 Å². The molecule has 1 atom stereocenters. The second-order valence-corrected chi connectivity index (χ2v) is 7.30. The third kappa shape index (κ3) is 3.92. The van der Waals surface area contributed by atoms with Crippen LogP contribution in [0.15, 0.2) is 24.3 Å². The topological polar surface area (TPSA) is 21.3 Å². The van der Waals surface area contributed by atoms with E-state index in [0.717, 1.165) is 11.0 Å².